The van der Waals surface area contributed by atoms with Crippen LogP contribution in [-0.2, 0) is 16.1 Å². The molecule has 0 aliphatic carbocycles. The topological polar surface area (TPSA) is 67.8 Å². The van der Waals surface area contributed by atoms with E-state index >= 15 is 0 Å². The number of ether oxygens (including phenoxy) is 2. The summed E-state index contributed by atoms with van der Waals surface area (Å²) in [5.74, 6) is 0.264. The maximum absolute atomic E-state index is 11.8. The predicted molar refractivity (Wildman–Crippen MR) is 76.7 cm³/mol. The smallest absolute Gasteiger partial charge is 0.249 e. The number of rotatable bonds is 8. The lowest BCUT2D eigenvalue weighted by Gasteiger charge is -2.13. The third-order valence-corrected chi connectivity index (χ3v) is 2.77. The second kappa shape index (κ2) is 8.22. The van der Waals surface area contributed by atoms with Crippen LogP contribution in [0.4, 0.5) is 0 Å². The van der Waals surface area contributed by atoms with E-state index in [1.807, 2.05) is 0 Å². The molecule has 1 amide bonds. The van der Waals surface area contributed by atoms with Crippen LogP contribution in [0.25, 0.3) is 0 Å². The van der Waals surface area contributed by atoms with E-state index in [0.717, 1.165) is 5.56 Å². The number of hydrogen-bond donors (Lipinski definition) is 2. The van der Waals surface area contributed by atoms with E-state index in [2.05, 4.69) is 11.9 Å². The standard InChI is InChI=1S/C15H21NO4/c1-4-5-8-20-11(2)15(18)16-10-12-6-7-14(19-3)13(17)9-12/h4,6-7,9,11,17H,1,5,8,10H2,2-3H3,(H,16,18). The molecule has 1 atom stereocenters. The van der Waals surface area contributed by atoms with Gasteiger partial charge in [0.15, 0.2) is 11.5 Å². The molecule has 0 spiro atoms. The van der Waals surface area contributed by atoms with E-state index in [4.69, 9.17) is 9.47 Å². The van der Waals surface area contributed by atoms with Gasteiger partial charge >= 0.3 is 0 Å². The van der Waals surface area contributed by atoms with E-state index in [1.54, 1.807) is 31.2 Å². The molecule has 5 nitrogen and oxygen atoms in total. The molecule has 1 aromatic carbocycles. The van der Waals surface area contributed by atoms with Crippen LogP contribution in [0.3, 0.4) is 0 Å². The Morgan fingerprint density at radius 2 is 2.30 bits per heavy atom. The highest BCUT2D eigenvalue weighted by Crippen LogP contribution is 2.25. The molecule has 0 radical (unpaired) electrons. The predicted octanol–water partition coefficient (Wildman–Crippen LogP) is 2.00. The maximum Gasteiger partial charge on any atom is 0.249 e. The van der Waals surface area contributed by atoms with Crippen molar-refractivity contribution >= 4 is 5.91 Å². The van der Waals surface area contributed by atoms with Crippen LogP contribution in [-0.4, -0.2) is 30.8 Å². The van der Waals surface area contributed by atoms with Crippen molar-refractivity contribution in [1.29, 1.82) is 0 Å². The van der Waals surface area contributed by atoms with Gasteiger partial charge in [-0.05, 0) is 31.0 Å². The Hall–Kier alpha value is -2.01. The number of carbonyl (C=O) groups excluding carboxylic acids is 1. The molecule has 2 N–H and O–H groups in total. The van der Waals surface area contributed by atoms with E-state index in [0.29, 0.717) is 25.3 Å². The lowest BCUT2D eigenvalue weighted by atomic mass is 10.2. The molecule has 20 heavy (non-hydrogen) atoms. The lowest BCUT2D eigenvalue weighted by molar-refractivity contribution is -0.131. The summed E-state index contributed by atoms with van der Waals surface area (Å²) in [4.78, 5) is 11.8. The summed E-state index contributed by atoms with van der Waals surface area (Å²) in [5, 5.41) is 12.4. The lowest BCUT2D eigenvalue weighted by Crippen LogP contribution is -2.34. The van der Waals surface area contributed by atoms with Gasteiger partial charge < -0.3 is 19.9 Å². The summed E-state index contributed by atoms with van der Waals surface area (Å²) >= 11 is 0. The molecule has 0 aliphatic heterocycles. The molecule has 0 saturated carbocycles. The highest BCUT2D eigenvalue weighted by atomic mass is 16.5. The molecule has 0 aliphatic rings. The molecule has 0 aromatic heterocycles. The maximum atomic E-state index is 11.8. The van der Waals surface area contributed by atoms with Crippen molar-refractivity contribution in [1.82, 2.24) is 5.32 Å². The Balaban J connectivity index is 2.44. The van der Waals surface area contributed by atoms with Crippen molar-refractivity contribution < 1.29 is 19.4 Å². The second-order valence-electron chi connectivity index (χ2n) is 4.31. The first-order valence-corrected chi connectivity index (χ1v) is 6.44. The highest BCUT2D eigenvalue weighted by Gasteiger charge is 2.12. The number of carbonyl (C=O) groups is 1. The Bertz CT molecular complexity index is 459. The molecule has 0 fully saturated rings. The van der Waals surface area contributed by atoms with Gasteiger partial charge in [0.2, 0.25) is 5.91 Å². The van der Waals surface area contributed by atoms with Gasteiger partial charge in [-0.15, -0.1) is 6.58 Å². The Morgan fingerprint density at radius 1 is 1.55 bits per heavy atom. The Kier molecular flexibility index (Phi) is 6.59. The van der Waals surface area contributed by atoms with E-state index < -0.39 is 6.10 Å². The number of aromatic hydroxyl groups is 1. The number of phenols is 1. The number of methoxy groups -OCH3 is 1. The van der Waals surface area contributed by atoms with E-state index in [9.17, 15) is 9.90 Å². The summed E-state index contributed by atoms with van der Waals surface area (Å²) in [6, 6.07) is 4.99. The first-order valence-electron chi connectivity index (χ1n) is 6.44. The zero-order valence-corrected chi connectivity index (χ0v) is 11.9. The number of nitrogens with one attached hydrogen (secondary N) is 1. The fourth-order valence-electron chi connectivity index (χ4n) is 1.58. The minimum absolute atomic E-state index is 0.0505. The van der Waals surface area contributed by atoms with Crippen LogP contribution < -0.4 is 10.1 Å². The van der Waals surface area contributed by atoms with Crippen LogP contribution in [0, 0.1) is 0 Å². The van der Waals surface area contributed by atoms with Crippen molar-refractivity contribution in [2.24, 2.45) is 0 Å². The van der Waals surface area contributed by atoms with Gasteiger partial charge in [-0.2, -0.15) is 0 Å². The summed E-state index contributed by atoms with van der Waals surface area (Å²) < 4.78 is 10.3. The van der Waals surface area contributed by atoms with Crippen molar-refractivity contribution in [3.63, 3.8) is 0 Å². The number of benzene rings is 1. The normalized spacial score (nSPS) is 11.7. The Labute approximate surface area is 119 Å². The summed E-state index contributed by atoms with van der Waals surface area (Å²) in [5.41, 5.74) is 0.787. The zero-order chi connectivity index (χ0) is 15.0. The number of hydrogen-bond acceptors (Lipinski definition) is 4. The molecule has 0 bridgehead atoms. The monoisotopic (exact) mass is 279 g/mol. The molecule has 1 rings (SSSR count). The number of phenolic OH excluding ortho intramolecular Hbond substituents is 1. The molecule has 110 valence electrons. The summed E-state index contributed by atoms with van der Waals surface area (Å²) in [7, 11) is 1.48. The van der Waals surface area contributed by atoms with Gasteiger partial charge in [0.05, 0.1) is 13.7 Å². The Morgan fingerprint density at radius 3 is 2.90 bits per heavy atom. The van der Waals surface area contributed by atoms with Crippen LogP contribution in [0.5, 0.6) is 11.5 Å². The molecule has 5 heteroatoms. The molecule has 1 aromatic rings. The average molecular weight is 279 g/mol. The quantitative estimate of drug-likeness (QED) is 0.564. The van der Waals surface area contributed by atoms with Crippen LogP contribution in [0.15, 0.2) is 30.9 Å². The van der Waals surface area contributed by atoms with Crippen LogP contribution in [0.1, 0.15) is 18.9 Å². The van der Waals surface area contributed by atoms with Gasteiger partial charge in [-0.25, -0.2) is 0 Å². The molecule has 0 heterocycles. The second-order valence-corrected chi connectivity index (χ2v) is 4.31. The molecular formula is C15H21NO4. The SMILES string of the molecule is C=CCCOC(C)C(=O)NCc1ccc(OC)c(O)c1. The van der Waals surface area contributed by atoms with Crippen molar-refractivity contribution in [2.75, 3.05) is 13.7 Å². The fraction of sp³-hybridized carbons (Fsp3) is 0.400. The van der Waals surface area contributed by atoms with Gasteiger partial charge in [0, 0.05) is 6.54 Å². The van der Waals surface area contributed by atoms with E-state index in [1.165, 1.54) is 7.11 Å². The molecule has 0 saturated heterocycles. The third-order valence-electron chi connectivity index (χ3n) is 2.77. The fourth-order valence-corrected chi connectivity index (χ4v) is 1.58. The first kappa shape index (κ1) is 16.0. The van der Waals surface area contributed by atoms with Crippen LogP contribution in [0.2, 0.25) is 0 Å². The number of amides is 1. The van der Waals surface area contributed by atoms with Crippen molar-refractivity contribution in [3.8, 4) is 11.5 Å². The van der Waals surface area contributed by atoms with E-state index in [-0.39, 0.29) is 11.7 Å². The van der Waals surface area contributed by atoms with Crippen molar-refractivity contribution in [3.05, 3.63) is 36.4 Å². The van der Waals surface area contributed by atoms with Gasteiger partial charge in [-0.1, -0.05) is 12.1 Å². The van der Waals surface area contributed by atoms with Gasteiger partial charge in [-0.3, -0.25) is 4.79 Å². The first-order chi connectivity index (χ1) is 9.58. The summed E-state index contributed by atoms with van der Waals surface area (Å²) in [6.45, 7) is 6.08. The molecular weight excluding hydrogens is 258 g/mol. The minimum Gasteiger partial charge on any atom is -0.504 e. The van der Waals surface area contributed by atoms with Gasteiger partial charge in [0.1, 0.15) is 6.10 Å². The highest BCUT2D eigenvalue weighted by molar-refractivity contribution is 5.80. The minimum atomic E-state index is -0.512. The van der Waals surface area contributed by atoms with Crippen LogP contribution >= 0.6 is 0 Å². The van der Waals surface area contributed by atoms with Gasteiger partial charge in [0.25, 0.3) is 0 Å². The molecule has 1 unspecified atom stereocenters. The average Bonchev–Trinajstić information content (AvgIpc) is 2.45. The zero-order valence-electron chi connectivity index (χ0n) is 11.9. The van der Waals surface area contributed by atoms with Crippen molar-refractivity contribution in [2.45, 2.75) is 26.0 Å². The summed E-state index contributed by atoms with van der Waals surface area (Å²) in [6.07, 6.45) is 1.94. The largest absolute Gasteiger partial charge is 0.504 e. The third kappa shape index (κ3) is 4.93.